The van der Waals surface area contributed by atoms with E-state index in [0.717, 1.165) is 17.4 Å². The quantitative estimate of drug-likeness (QED) is 0.604. The Morgan fingerprint density at radius 3 is 2.45 bits per heavy atom. The van der Waals surface area contributed by atoms with Gasteiger partial charge in [0, 0.05) is 24.9 Å². The number of nitrogens with zero attached hydrogens (tertiary/aromatic N) is 1. The lowest BCUT2D eigenvalue weighted by Gasteiger charge is -2.46. The van der Waals surface area contributed by atoms with Gasteiger partial charge in [0.05, 0.1) is 22.4 Å². The molecule has 2 aromatic carbocycles. The average molecular weight is 456 g/mol. The number of halogens is 2. The maximum absolute atomic E-state index is 12.7. The third kappa shape index (κ3) is 5.12. The number of likely N-dealkylation sites (tertiary alicyclic amines) is 1. The summed E-state index contributed by atoms with van der Waals surface area (Å²) in [7, 11) is -3.69. The van der Waals surface area contributed by atoms with Crippen molar-refractivity contribution >= 4 is 39.2 Å². The van der Waals surface area contributed by atoms with Crippen LogP contribution >= 0.6 is 23.2 Å². The molecule has 1 saturated heterocycles. The highest BCUT2D eigenvalue weighted by molar-refractivity contribution is 7.86. The van der Waals surface area contributed by atoms with Gasteiger partial charge in [-0.1, -0.05) is 59.6 Å². The van der Waals surface area contributed by atoms with Crippen LogP contribution in [0.1, 0.15) is 30.9 Å². The first kappa shape index (κ1) is 22.1. The predicted molar refractivity (Wildman–Crippen MR) is 115 cm³/mol. The number of hydrogen-bond donors (Lipinski definition) is 0. The van der Waals surface area contributed by atoms with Gasteiger partial charge in [-0.15, -0.1) is 0 Å². The second-order valence-corrected chi connectivity index (χ2v) is 9.88. The standard InChI is InChI=1S/C21H23Cl2NO4S/c1-15(28-29(2,26)27)21(17-8-9-18(22)19(23)12-17)11-10-20(25)24(14-21)13-16-6-4-3-5-7-16/h3-9,12,15H,10-11,13-14H2,1-2H3. The Kier molecular flexibility index (Phi) is 6.58. The van der Waals surface area contributed by atoms with Crippen molar-refractivity contribution < 1.29 is 17.4 Å². The normalized spacial score (nSPS) is 21.2. The van der Waals surface area contributed by atoms with E-state index < -0.39 is 21.6 Å². The van der Waals surface area contributed by atoms with Gasteiger partial charge in [-0.2, -0.15) is 8.42 Å². The molecule has 1 aliphatic heterocycles. The van der Waals surface area contributed by atoms with Crippen molar-refractivity contribution in [3.63, 3.8) is 0 Å². The van der Waals surface area contributed by atoms with Crippen molar-refractivity contribution in [1.82, 2.24) is 4.90 Å². The topological polar surface area (TPSA) is 63.7 Å². The fraction of sp³-hybridized carbons (Fsp3) is 0.381. The minimum atomic E-state index is -3.69. The summed E-state index contributed by atoms with van der Waals surface area (Å²) >= 11 is 12.3. The molecule has 1 aliphatic rings. The lowest BCUT2D eigenvalue weighted by Crippen LogP contribution is -2.54. The molecular formula is C21H23Cl2NO4S. The molecule has 156 valence electrons. The molecular weight excluding hydrogens is 433 g/mol. The Labute approximate surface area is 181 Å². The zero-order valence-corrected chi connectivity index (χ0v) is 18.6. The second-order valence-electron chi connectivity index (χ2n) is 7.46. The minimum Gasteiger partial charge on any atom is -0.337 e. The summed E-state index contributed by atoms with van der Waals surface area (Å²) in [6, 6.07) is 14.9. The van der Waals surface area contributed by atoms with E-state index in [4.69, 9.17) is 27.4 Å². The molecule has 2 unspecified atom stereocenters. The van der Waals surface area contributed by atoms with Crippen molar-refractivity contribution in [1.29, 1.82) is 0 Å². The zero-order valence-electron chi connectivity index (χ0n) is 16.3. The van der Waals surface area contributed by atoms with Gasteiger partial charge in [-0.3, -0.25) is 8.98 Å². The summed E-state index contributed by atoms with van der Waals surface area (Å²) in [4.78, 5) is 14.4. The van der Waals surface area contributed by atoms with E-state index in [0.29, 0.717) is 29.6 Å². The van der Waals surface area contributed by atoms with Gasteiger partial charge in [-0.05, 0) is 36.6 Å². The van der Waals surface area contributed by atoms with Crippen molar-refractivity contribution in [2.24, 2.45) is 0 Å². The van der Waals surface area contributed by atoms with Crippen LogP contribution in [0.25, 0.3) is 0 Å². The maximum Gasteiger partial charge on any atom is 0.264 e. The third-order valence-electron chi connectivity index (χ3n) is 5.42. The Morgan fingerprint density at radius 1 is 1.14 bits per heavy atom. The Balaban J connectivity index is 2.01. The lowest BCUT2D eigenvalue weighted by atomic mass is 9.70. The highest BCUT2D eigenvalue weighted by Gasteiger charge is 2.46. The molecule has 0 saturated carbocycles. The molecule has 5 nitrogen and oxygen atoms in total. The molecule has 2 aromatic rings. The molecule has 2 atom stereocenters. The number of benzene rings is 2. The number of carbonyl (C=O) groups excluding carboxylic acids is 1. The molecule has 0 N–H and O–H groups in total. The third-order valence-corrected chi connectivity index (χ3v) is 6.80. The Hall–Kier alpha value is -1.60. The first-order chi connectivity index (χ1) is 13.6. The Bertz CT molecular complexity index is 997. The number of rotatable bonds is 6. The smallest absolute Gasteiger partial charge is 0.264 e. The number of piperidine rings is 1. The van der Waals surface area contributed by atoms with Gasteiger partial charge < -0.3 is 4.90 Å². The van der Waals surface area contributed by atoms with Crippen LogP contribution in [0, 0.1) is 0 Å². The van der Waals surface area contributed by atoms with E-state index in [1.165, 1.54) is 0 Å². The number of amides is 1. The molecule has 0 aromatic heterocycles. The highest BCUT2D eigenvalue weighted by Crippen LogP contribution is 2.41. The SMILES string of the molecule is CC(OS(C)(=O)=O)C1(c2ccc(Cl)c(Cl)c2)CCC(=O)N(Cc2ccccc2)C1. The van der Waals surface area contributed by atoms with Gasteiger partial charge in [-0.25, -0.2) is 0 Å². The van der Waals surface area contributed by atoms with E-state index in [1.54, 1.807) is 24.0 Å². The van der Waals surface area contributed by atoms with Crippen LogP contribution in [0.5, 0.6) is 0 Å². The number of carbonyl (C=O) groups is 1. The van der Waals surface area contributed by atoms with Crippen molar-refractivity contribution in [2.75, 3.05) is 12.8 Å². The lowest BCUT2D eigenvalue weighted by molar-refractivity contribution is -0.137. The van der Waals surface area contributed by atoms with E-state index >= 15 is 0 Å². The molecule has 0 bridgehead atoms. The molecule has 1 heterocycles. The molecule has 0 radical (unpaired) electrons. The van der Waals surface area contributed by atoms with Crippen LogP contribution in [0.3, 0.4) is 0 Å². The van der Waals surface area contributed by atoms with Crippen LogP contribution in [-0.4, -0.2) is 38.1 Å². The minimum absolute atomic E-state index is 0.0242. The largest absolute Gasteiger partial charge is 0.337 e. The van der Waals surface area contributed by atoms with Gasteiger partial charge in [0.2, 0.25) is 5.91 Å². The predicted octanol–water partition coefficient (Wildman–Crippen LogP) is 4.42. The molecule has 3 rings (SSSR count). The average Bonchev–Trinajstić information content (AvgIpc) is 2.65. The maximum atomic E-state index is 12.7. The molecule has 0 spiro atoms. The van der Waals surface area contributed by atoms with Crippen molar-refractivity contribution in [2.45, 2.75) is 37.8 Å². The summed E-state index contributed by atoms with van der Waals surface area (Å²) in [5, 5.41) is 0.789. The van der Waals surface area contributed by atoms with E-state index in [2.05, 4.69) is 0 Å². The Morgan fingerprint density at radius 2 is 1.83 bits per heavy atom. The van der Waals surface area contributed by atoms with Gasteiger partial charge >= 0.3 is 0 Å². The molecule has 0 aliphatic carbocycles. The summed E-state index contributed by atoms with van der Waals surface area (Å²) < 4.78 is 29.1. The molecule has 29 heavy (non-hydrogen) atoms. The monoisotopic (exact) mass is 455 g/mol. The van der Waals surface area contributed by atoms with Crippen molar-refractivity contribution in [3.8, 4) is 0 Å². The zero-order chi connectivity index (χ0) is 21.2. The van der Waals surface area contributed by atoms with Crippen LogP contribution < -0.4 is 0 Å². The number of hydrogen-bond acceptors (Lipinski definition) is 4. The summed E-state index contributed by atoms with van der Waals surface area (Å²) in [5.74, 6) is 0.0242. The van der Waals surface area contributed by atoms with Crippen LogP contribution in [-0.2, 0) is 31.1 Å². The summed E-state index contributed by atoms with van der Waals surface area (Å²) in [5.41, 5.74) is 1.07. The fourth-order valence-corrected chi connectivity index (χ4v) is 4.91. The highest BCUT2D eigenvalue weighted by atomic mass is 35.5. The van der Waals surface area contributed by atoms with Crippen molar-refractivity contribution in [3.05, 3.63) is 69.7 Å². The van der Waals surface area contributed by atoms with E-state index in [9.17, 15) is 13.2 Å². The fourth-order valence-electron chi connectivity index (χ4n) is 3.91. The first-order valence-corrected chi connectivity index (χ1v) is 11.8. The van der Waals surface area contributed by atoms with Crippen LogP contribution in [0.4, 0.5) is 0 Å². The molecule has 1 amide bonds. The molecule has 1 fully saturated rings. The van der Waals surface area contributed by atoms with Crippen LogP contribution in [0.15, 0.2) is 48.5 Å². The van der Waals surface area contributed by atoms with E-state index in [1.807, 2.05) is 36.4 Å². The van der Waals surface area contributed by atoms with Crippen LogP contribution in [0.2, 0.25) is 10.0 Å². The first-order valence-electron chi connectivity index (χ1n) is 9.26. The molecule has 8 heteroatoms. The van der Waals surface area contributed by atoms with Gasteiger partial charge in [0.15, 0.2) is 0 Å². The van der Waals surface area contributed by atoms with Gasteiger partial charge in [0.25, 0.3) is 10.1 Å². The second kappa shape index (κ2) is 8.64. The summed E-state index contributed by atoms with van der Waals surface area (Å²) in [6.45, 7) is 2.48. The summed E-state index contributed by atoms with van der Waals surface area (Å²) in [6.07, 6.45) is 1.07. The van der Waals surface area contributed by atoms with E-state index in [-0.39, 0.29) is 12.3 Å². The van der Waals surface area contributed by atoms with Gasteiger partial charge in [0.1, 0.15) is 0 Å².